The molecule has 0 amide bonds. The topological polar surface area (TPSA) is 34.8 Å². The SMILES string of the molecule is COc1cccc2c1CCN(Cc1ccc(OC)c3oc(-c4ccccc4)cc13)C2. The molecule has 5 rings (SSSR count). The first-order valence-corrected chi connectivity index (χ1v) is 10.3. The van der Waals surface area contributed by atoms with Crippen molar-refractivity contribution < 1.29 is 13.9 Å². The van der Waals surface area contributed by atoms with E-state index in [-0.39, 0.29) is 0 Å². The van der Waals surface area contributed by atoms with Crippen molar-refractivity contribution in [1.82, 2.24) is 4.90 Å². The van der Waals surface area contributed by atoms with Crippen molar-refractivity contribution in [2.75, 3.05) is 20.8 Å². The van der Waals surface area contributed by atoms with E-state index in [2.05, 4.69) is 47.4 Å². The lowest BCUT2D eigenvalue weighted by atomic mass is 9.98. The summed E-state index contributed by atoms with van der Waals surface area (Å²) < 4.78 is 17.4. The normalized spacial score (nSPS) is 13.9. The third kappa shape index (κ3) is 3.33. The van der Waals surface area contributed by atoms with Crippen LogP contribution in [0.2, 0.25) is 0 Å². The van der Waals surface area contributed by atoms with Gasteiger partial charge in [-0.15, -0.1) is 0 Å². The van der Waals surface area contributed by atoms with Crippen LogP contribution in [0.3, 0.4) is 0 Å². The van der Waals surface area contributed by atoms with Gasteiger partial charge in [0.1, 0.15) is 11.5 Å². The highest BCUT2D eigenvalue weighted by Crippen LogP contribution is 2.37. The highest BCUT2D eigenvalue weighted by atomic mass is 16.5. The molecule has 1 aromatic heterocycles. The molecule has 4 aromatic rings. The average molecular weight is 399 g/mol. The van der Waals surface area contributed by atoms with Crippen LogP contribution in [0.15, 0.2) is 71.1 Å². The number of methoxy groups -OCH3 is 2. The minimum Gasteiger partial charge on any atom is -0.496 e. The molecule has 0 saturated carbocycles. The van der Waals surface area contributed by atoms with Crippen molar-refractivity contribution >= 4 is 11.0 Å². The van der Waals surface area contributed by atoms with Gasteiger partial charge in [0, 0.05) is 30.6 Å². The summed E-state index contributed by atoms with van der Waals surface area (Å²) in [5, 5.41) is 1.12. The van der Waals surface area contributed by atoms with E-state index < -0.39 is 0 Å². The number of hydrogen-bond donors (Lipinski definition) is 0. The van der Waals surface area contributed by atoms with Crippen molar-refractivity contribution in [1.29, 1.82) is 0 Å². The first-order valence-electron chi connectivity index (χ1n) is 10.3. The molecule has 0 atom stereocenters. The van der Waals surface area contributed by atoms with Gasteiger partial charge in [0.15, 0.2) is 11.3 Å². The van der Waals surface area contributed by atoms with Gasteiger partial charge in [-0.25, -0.2) is 0 Å². The molecule has 1 aliphatic heterocycles. The summed E-state index contributed by atoms with van der Waals surface area (Å²) in [6, 6.07) is 22.9. The fraction of sp³-hybridized carbons (Fsp3) is 0.231. The van der Waals surface area contributed by atoms with Gasteiger partial charge in [-0.05, 0) is 41.3 Å². The van der Waals surface area contributed by atoms with Crippen LogP contribution in [-0.4, -0.2) is 25.7 Å². The summed E-state index contributed by atoms with van der Waals surface area (Å²) in [5.74, 6) is 2.64. The van der Waals surface area contributed by atoms with Crippen LogP contribution < -0.4 is 9.47 Å². The molecule has 0 radical (unpaired) electrons. The number of benzene rings is 3. The maximum absolute atomic E-state index is 6.23. The molecule has 0 N–H and O–H groups in total. The van der Waals surface area contributed by atoms with E-state index in [0.717, 1.165) is 59.8 Å². The third-order valence-electron chi connectivity index (χ3n) is 5.93. The fourth-order valence-electron chi connectivity index (χ4n) is 4.40. The van der Waals surface area contributed by atoms with Crippen LogP contribution in [0, 0.1) is 0 Å². The maximum Gasteiger partial charge on any atom is 0.176 e. The Morgan fingerprint density at radius 2 is 1.73 bits per heavy atom. The molecule has 152 valence electrons. The lowest BCUT2D eigenvalue weighted by Crippen LogP contribution is -2.30. The maximum atomic E-state index is 6.23. The molecule has 0 aliphatic carbocycles. The Bertz CT molecular complexity index is 1180. The van der Waals surface area contributed by atoms with Gasteiger partial charge in [-0.1, -0.05) is 48.5 Å². The Kier molecular flexibility index (Phi) is 4.93. The molecule has 4 heteroatoms. The van der Waals surface area contributed by atoms with Gasteiger partial charge >= 0.3 is 0 Å². The van der Waals surface area contributed by atoms with E-state index in [1.165, 1.54) is 16.7 Å². The standard InChI is InChI=1S/C26H25NO3/c1-28-23-10-6-9-19-16-27(14-13-21(19)23)17-20-11-12-24(29-2)26-22(20)15-25(30-26)18-7-4-3-5-8-18/h3-12,15H,13-14,16-17H2,1-2H3. The lowest BCUT2D eigenvalue weighted by Gasteiger charge is -2.29. The summed E-state index contributed by atoms with van der Waals surface area (Å²) in [4.78, 5) is 2.48. The number of hydrogen-bond acceptors (Lipinski definition) is 4. The molecule has 3 aromatic carbocycles. The Labute approximate surface area is 176 Å². The molecular weight excluding hydrogens is 374 g/mol. The van der Waals surface area contributed by atoms with Crippen molar-refractivity contribution in [3.05, 3.63) is 83.4 Å². The van der Waals surface area contributed by atoms with Crippen molar-refractivity contribution in [2.24, 2.45) is 0 Å². The zero-order chi connectivity index (χ0) is 20.5. The Morgan fingerprint density at radius 1 is 0.900 bits per heavy atom. The molecular formula is C26H25NO3. The van der Waals surface area contributed by atoms with Gasteiger partial charge in [-0.3, -0.25) is 4.90 Å². The number of furan rings is 1. The molecule has 0 bridgehead atoms. The van der Waals surface area contributed by atoms with Gasteiger partial charge in [0.2, 0.25) is 0 Å². The predicted octanol–water partition coefficient (Wildman–Crippen LogP) is 5.68. The lowest BCUT2D eigenvalue weighted by molar-refractivity contribution is 0.243. The van der Waals surface area contributed by atoms with E-state index in [9.17, 15) is 0 Å². The zero-order valence-corrected chi connectivity index (χ0v) is 17.4. The second-order valence-corrected chi connectivity index (χ2v) is 7.71. The second kappa shape index (κ2) is 7.88. The van der Waals surface area contributed by atoms with Crippen LogP contribution in [-0.2, 0) is 19.5 Å². The smallest absolute Gasteiger partial charge is 0.176 e. The van der Waals surface area contributed by atoms with E-state index >= 15 is 0 Å². The number of fused-ring (bicyclic) bond motifs is 2. The summed E-state index contributed by atoms with van der Waals surface area (Å²) in [6.07, 6.45) is 0.999. The number of nitrogens with zero attached hydrogens (tertiary/aromatic N) is 1. The van der Waals surface area contributed by atoms with Gasteiger partial charge in [0.05, 0.1) is 14.2 Å². The molecule has 0 fully saturated rings. The molecule has 0 saturated heterocycles. The summed E-state index contributed by atoms with van der Waals surface area (Å²) in [6.45, 7) is 2.79. The Morgan fingerprint density at radius 3 is 2.53 bits per heavy atom. The van der Waals surface area contributed by atoms with Gasteiger partial charge in [-0.2, -0.15) is 0 Å². The first kappa shape index (κ1) is 18.8. The van der Waals surface area contributed by atoms with E-state index in [1.54, 1.807) is 14.2 Å². The Balaban J connectivity index is 1.48. The molecule has 2 heterocycles. The Hall–Kier alpha value is -3.24. The van der Waals surface area contributed by atoms with Crippen LogP contribution in [0.4, 0.5) is 0 Å². The summed E-state index contributed by atoms with van der Waals surface area (Å²) >= 11 is 0. The van der Waals surface area contributed by atoms with E-state index in [0.29, 0.717) is 0 Å². The molecule has 1 aliphatic rings. The number of ether oxygens (including phenoxy) is 2. The third-order valence-corrected chi connectivity index (χ3v) is 5.93. The largest absolute Gasteiger partial charge is 0.496 e. The van der Waals surface area contributed by atoms with Crippen LogP contribution >= 0.6 is 0 Å². The minimum atomic E-state index is 0.768. The van der Waals surface area contributed by atoms with Gasteiger partial charge in [0.25, 0.3) is 0 Å². The molecule has 0 spiro atoms. The summed E-state index contributed by atoms with van der Waals surface area (Å²) in [7, 11) is 3.44. The fourth-order valence-corrected chi connectivity index (χ4v) is 4.40. The van der Waals surface area contributed by atoms with Crippen LogP contribution in [0.25, 0.3) is 22.3 Å². The van der Waals surface area contributed by atoms with E-state index in [4.69, 9.17) is 13.9 Å². The monoisotopic (exact) mass is 399 g/mol. The molecule has 4 nitrogen and oxygen atoms in total. The van der Waals surface area contributed by atoms with Crippen LogP contribution in [0.5, 0.6) is 11.5 Å². The van der Waals surface area contributed by atoms with Crippen molar-refractivity contribution in [2.45, 2.75) is 19.5 Å². The summed E-state index contributed by atoms with van der Waals surface area (Å²) in [5.41, 5.74) is 5.82. The average Bonchev–Trinajstić information content (AvgIpc) is 3.25. The number of rotatable bonds is 5. The molecule has 0 unspecified atom stereocenters. The highest BCUT2D eigenvalue weighted by molar-refractivity contribution is 5.90. The minimum absolute atomic E-state index is 0.768. The quantitative estimate of drug-likeness (QED) is 0.433. The molecule has 30 heavy (non-hydrogen) atoms. The van der Waals surface area contributed by atoms with Crippen molar-refractivity contribution in [3.63, 3.8) is 0 Å². The second-order valence-electron chi connectivity index (χ2n) is 7.71. The van der Waals surface area contributed by atoms with E-state index in [1.807, 2.05) is 24.3 Å². The van der Waals surface area contributed by atoms with Gasteiger partial charge < -0.3 is 13.9 Å². The highest BCUT2D eigenvalue weighted by Gasteiger charge is 2.21. The first-order chi connectivity index (χ1) is 14.8. The van der Waals surface area contributed by atoms with Crippen LogP contribution in [0.1, 0.15) is 16.7 Å². The predicted molar refractivity (Wildman–Crippen MR) is 119 cm³/mol. The zero-order valence-electron chi connectivity index (χ0n) is 17.4. The van der Waals surface area contributed by atoms with Crippen molar-refractivity contribution in [3.8, 4) is 22.8 Å².